The van der Waals surface area contributed by atoms with Crippen molar-refractivity contribution in [3.8, 4) is 0 Å². The number of sulfonamides is 1. The van der Waals surface area contributed by atoms with Gasteiger partial charge in [-0.2, -0.15) is 4.72 Å². The number of nitrogens with one attached hydrogen (secondary N) is 1. The van der Waals surface area contributed by atoms with Crippen LogP contribution in [-0.2, 0) is 19.6 Å². The van der Waals surface area contributed by atoms with Crippen molar-refractivity contribution in [2.45, 2.75) is 23.8 Å². The van der Waals surface area contributed by atoms with Crippen LogP contribution in [0.15, 0.2) is 47.4 Å². The molecular formula is C15H15NO6S. The Balaban J connectivity index is 2.27. The number of hydrogen-bond donors (Lipinski definition) is 3. The summed E-state index contributed by atoms with van der Waals surface area (Å²) in [4.78, 5) is 21.6. The third kappa shape index (κ3) is 4.27. The van der Waals surface area contributed by atoms with Crippen molar-refractivity contribution in [3.63, 3.8) is 0 Å². The van der Waals surface area contributed by atoms with E-state index in [4.69, 9.17) is 10.2 Å². The maximum Gasteiger partial charge on any atom is 0.321 e. The Bertz CT molecular complexity index is 846. The number of benzene rings is 2. The molecule has 0 aromatic heterocycles. The van der Waals surface area contributed by atoms with E-state index in [-0.39, 0.29) is 11.3 Å². The van der Waals surface area contributed by atoms with E-state index in [9.17, 15) is 18.0 Å². The summed E-state index contributed by atoms with van der Waals surface area (Å²) in [7, 11) is -4.07. The molecule has 0 aliphatic carbocycles. The normalized spacial score (nSPS) is 12.9. The fraction of sp³-hybridized carbons (Fsp3) is 0.200. The van der Waals surface area contributed by atoms with Crippen LogP contribution in [0.2, 0.25) is 0 Å². The van der Waals surface area contributed by atoms with E-state index < -0.39 is 34.4 Å². The lowest BCUT2D eigenvalue weighted by atomic mass is 10.1. The van der Waals surface area contributed by atoms with Crippen molar-refractivity contribution in [2.75, 3.05) is 0 Å². The highest BCUT2D eigenvalue weighted by Gasteiger charge is 2.26. The number of rotatable bonds is 7. The van der Waals surface area contributed by atoms with Gasteiger partial charge in [0.1, 0.15) is 6.04 Å². The maximum absolute atomic E-state index is 12.3. The van der Waals surface area contributed by atoms with E-state index in [1.807, 2.05) is 16.9 Å². The quantitative estimate of drug-likeness (QED) is 0.703. The predicted octanol–water partition coefficient (Wildman–Crippen LogP) is 1.44. The van der Waals surface area contributed by atoms with Gasteiger partial charge in [0.15, 0.2) is 0 Å². The lowest BCUT2D eigenvalue weighted by Crippen LogP contribution is -2.41. The Labute approximate surface area is 132 Å². The third-order valence-corrected chi connectivity index (χ3v) is 4.74. The molecule has 2 aromatic rings. The average Bonchev–Trinajstić information content (AvgIpc) is 2.50. The molecule has 3 N–H and O–H groups in total. The van der Waals surface area contributed by atoms with E-state index in [2.05, 4.69) is 0 Å². The number of carboxylic acid groups (broad SMARTS) is 2. The van der Waals surface area contributed by atoms with Gasteiger partial charge in [-0.05, 0) is 29.3 Å². The molecule has 7 nitrogen and oxygen atoms in total. The van der Waals surface area contributed by atoms with E-state index in [0.29, 0.717) is 5.39 Å². The van der Waals surface area contributed by atoms with Crippen LogP contribution in [0.25, 0.3) is 10.8 Å². The van der Waals surface area contributed by atoms with Crippen LogP contribution in [0, 0.1) is 0 Å². The molecule has 0 radical (unpaired) electrons. The molecule has 0 fully saturated rings. The molecule has 0 saturated carbocycles. The fourth-order valence-electron chi connectivity index (χ4n) is 2.09. The lowest BCUT2D eigenvalue weighted by molar-refractivity contribution is -0.140. The second-order valence-corrected chi connectivity index (χ2v) is 6.67. The maximum atomic E-state index is 12.3. The summed E-state index contributed by atoms with van der Waals surface area (Å²) in [6.45, 7) is 0. The number of aliphatic carboxylic acids is 2. The Hall–Kier alpha value is -2.45. The number of hydrogen-bond acceptors (Lipinski definition) is 4. The van der Waals surface area contributed by atoms with Crippen molar-refractivity contribution in [1.82, 2.24) is 4.72 Å². The molecule has 0 aliphatic heterocycles. The average molecular weight is 337 g/mol. The van der Waals surface area contributed by atoms with Crippen LogP contribution in [0.1, 0.15) is 12.8 Å². The summed E-state index contributed by atoms with van der Waals surface area (Å²) >= 11 is 0. The number of carboxylic acids is 2. The van der Waals surface area contributed by atoms with Crippen molar-refractivity contribution in [1.29, 1.82) is 0 Å². The van der Waals surface area contributed by atoms with Gasteiger partial charge in [0, 0.05) is 6.42 Å². The third-order valence-electron chi connectivity index (χ3n) is 3.27. The van der Waals surface area contributed by atoms with Gasteiger partial charge in [-0.25, -0.2) is 8.42 Å². The van der Waals surface area contributed by atoms with Crippen molar-refractivity contribution < 1.29 is 28.2 Å². The summed E-state index contributed by atoms with van der Waals surface area (Å²) in [6.07, 6.45) is -0.783. The van der Waals surface area contributed by atoms with Crippen LogP contribution in [0.5, 0.6) is 0 Å². The summed E-state index contributed by atoms with van der Waals surface area (Å²) in [6, 6.07) is 10.1. The van der Waals surface area contributed by atoms with E-state index in [1.54, 1.807) is 18.2 Å². The minimum atomic E-state index is -4.07. The first-order valence-corrected chi connectivity index (χ1v) is 8.23. The van der Waals surface area contributed by atoms with Crippen LogP contribution >= 0.6 is 0 Å². The molecule has 0 bridgehead atoms. The molecule has 0 spiro atoms. The van der Waals surface area contributed by atoms with Crippen molar-refractivity contribution in [3.05, 3.63) is 42.5 Å². The highest BCUT2D eigenvalue weighted by atomic mass is 32.2. The summed E-state index contributed by atoms with van der Waals surface area (Å²) in [5.41, 5.74) is 0. The van der Waals surface area contributed by atoms with Gasteiger partial charge >= 0.3 is 11.9 Å². The molecule has 2 aromatic carbocycles. The zero-order chi connectivity index (χ0) is 17.0. The minimum Gasteiger partial charge on any atom is -0.481 e. The standard InChI is InChI=1S/C15H15NO6S/c17-14(18)8-7-13(15(19)20)16-23(21,22)12-6-5-10-3-1-2-4-11(10)9-12/h1-6,9,13,16H,7-8H2,(H,17,18)(H,19,20). The number of carbonyl (C=O) groups is 2. The van der Waals surface area contributed by atoms with E-state index in [0.717, 1.165) is 5.39 Å². The van der Waals surface area contributed by atoms with Crippen molar-refractivity contribution >= 4 is 32.7 Å². The molecule has 0 aliphatic rings. The summed E-state index contributed by atoms with van der Waals surface area (Å²) < 4.78 is 26.7. The second-order valence-electron chi connectivity index (χ2n) is 4.95. The van der Waals surface area contributed by atoms with Gasteiger partial charge in [-0.3, -0.25) is 9.59 Å². The van der Waals surface area contributed by atoms with E-state index >= 15 is 0 Å². The first kappa shape index (κ1) is 16.9. The van der Waals surface area contributed by atoms with Gasteiger partial charge in [0.2, 0.25) is 10.0 Å². The van der Waals surface area contributed by atoms with Crippen LogP contribution < -0.4 is 4.72 Å². The Morgan fingerprint density at radius 3 is 2.30 bits per heavy atom. The van der Waals surface area contributed by atoms with E-state index in [1.165, 1.54) is 12.1 Å². The fourth-order valence-corrected chi connectivity index (χ4v) is 3.35. The van der Waals surface area contributed by atoms with Crippen LogP contribution in [0.4, 0.5) is 0 Å². The molecule has 122 valence electrons. The topological polar surface area (TPSA) is 121 Å². The molecule has 0 heterocycles. The molecule has 8 heteroatoms. The van der Waals surface area contributed by atoms with Gasteiger partial charge in [-0.1, -0.05) is 30.3 Å². The number of fused-ring (bicyclic) bond motifs is 1. The predicted molar refractivity (Wildman–Crippen MR) is 82.6 cm³/mol. The van der Waals surface area contributed by atoms with Gasteiger partial charge in [-0.15, -0.1) is 0 Å². The highest BCUT2D eigenvalue weighted by molar-refractivity contribution is 7.89. The highest BCUT2D eigenvalue weighted by Crippen LogP contribution is 2.19. The zero-order valence-electron chi connectivity index (χ0n) is 12.0. The minimum absolute atomic E-state index is 0.0715. The molecule has 1 atom stereocenters. The molecule has 1 unspecified atom stereocenters. The van der Waals surface area contributed by atoms with Gasteiger partial charge in [0.25, 0.3) is 0 Å². The zero-order valence-corrected chi connectivity index (χ0v) is 12.8. The second kappa shape index (κ2) is 6.76. The van der Waals surface area contributed by atoms with Gasteiger partial charge in [0.05, 0.1) is 4.90 Å². The first-order chi connectivity index (χ1) is 10.8. The Morgan fingerprint density at radius 2 is 1.70 bits per heavy atom. The molecular weight excluding hydrogens is 322 g/mol. The van der Waals surface area contributed by atoms with Gasteiger partial charge < -0.3 is 10.2 Å². The lowest BCUT2D eigenvalue weighted by Gasteiger charge is -2.14. The van der Waals surface area contributed by atoms with Crippen molar-refractivity contribution in [2.24, 2.45) is 0 Å². The smallest absolute Gasteiger partial charge is 0.321 e. The molecule has 0 amide bonds. The molecule has 23 heavy (non-hydrogen) atoms. The Kier molecular flexibility index (Phi) is 4.97. The molecule has 2 rings (SSSR count). The van der Waals surface area contributed by atoms with Crippen LogP contribution in [0.3, 0.4) is 0 Å². The summed E-state index contributed by atoms with van der Waals surface area (Å²) in [5.74, 6) is -2.61. The SMILES string of the molecule is O=C(O)CCC(NS(=O)(=O)c1ccc2ccccc2c1)C(=O)O. The molecule has 0 saturated heterocycles. The largest absolute Gasteiger partial charge is 0.481 e. The van der Waals surface area contributed by atoms with Crippen LogP contribution in [-0.4, -0.2) is 36.6 Å². The Morgan fingerprint density at radius 1 is 1.04 bits per heavy atom. The first-order valence-electron chi connectivity index (χ1n) is 6.75. The monoisotopic (exact) mass is 337 g/mol. The summed E-state index contributed by atoms with van der Waals surface area (Å²) in [5, 5.41) is 19.2.